The molecule has 0 N–H and O–H groups in total. The highest BCUT2D eigenvalue weighted by molar-refractivity contribution is 5.67. The van der Waals surface area contributed by atoms with Crippen molar-refractivity contribution >= 4 is 0 Å². The van der Waals surface area contributed by atoms with E-state index in [1.807, 2.05) is 56.3 Å². The number of halogens is 2. The number of rotatable bonds is 7. The summed E-state index contributed by atoms with van der Waals surface area (Å²) in [6.45, 7) is 8.11. The molecule has 0 atom stereocenters. The second kappa shape index (κ2) is 10.1. The zero-order valence-corrected chi connectivity index (χ0v) is 19.8. The summed E-state index contributed by atoms with van der Waals surface area (Å²) < 4.78 is 40.7. The van der Waals surface area contributed by atoms with Crippen molar-refractivity contribution in [1.82, 2.24) is 0 Å². The van der Waals surface area contributed by atoms with Crippen molar-refractivity contribution in [1.29, 1.82) is 0 Å². The van der Waals surface area contributed by atoms with Crippen LogP contribution in [0.4, 0.5) is 8.78 Å². The fraction of sp³-hybridized carbons (Fsp3) is 0.200. The lowest BCUT2D eigenvalue weighted by Crippen LogP contribution is -1.97. The summed E-state index contributed by atoms with van der Waals surface area (Å²) in [5.41, 5.74) is 3.57. The summed E-state index contributed by atoms with van der Waals surface area (Å²) in [6.07, 6.45) is 0. The Morgan fingerprint density at radius 2 is 1.21 bits per heavy atom. The molecule has 0 aliphatic carbocycles. The fourth-order valence-electron chi connectivity index (χ4n) is 3.77. The van der Waals surface area contributed by atoms with E-state index in [1.54, 1.807) is 30.3 Å². The monoisotopic (exact) mass is 458 g/mol. The summed E-state index contributed by atoms with van der Waals surface area (Å²) in [4.78, 5) is 0. The molecule has 0 amide bonds. The molecule has 174 valence electrons. The Hall–Kier alpha value is -3.66. The molecular weight excluding hydrogens is 430 g/mol. The summed E-state index contributed by atoms with van der Waals surface area (Å²) in [6, 6.07) is 24.8. The van der Waals surface area contributed by atoms with Crippen molar-refractivity contribution in [2.75, 3.05) is 0 Å². The van der Waals surface area contributed by atoms with Crippen LogP contribution in [0.5, 0.6) is 23.0 Å². The van der Waals surface area contributed by atoms with Crippen LogP contribution in [0.25, 0.3) is 11.1 Å². The van der Waals surface area contributed by atoms with E-state index in [2.05, 4.69) is 13.8 Å². The molecule has 4 aromatic rings. The molecule has 34 heavy (non-hydrogen) atoms. The third-order valence-electron chi connectivity index (χ3n) is 5.69. The number of para-hydroxylation sites is 1. The van der Waals surface area contributed by atoms with Crippen LogP contribution in [0, 0.1) is 11.6 Å². The van der Waals surface area contributed by atoms with Gasteiger partial charge < -0.3 is 9.47 Å². The first-order valence-electron chi connectivity index (χ1n) is 11.5. The highest BCUT2D eigenvalue weighted by Crippen LogP contribution is 2.36. The van der Waals surface area contributed by atoms with Crippen LogP contribution in [0.1, 0.15) is 50.7 Å². The summed E-state index contributed by atoms with van der Waals surface area (Å²) >= 11 is 0. The topological polar surface area (TPSA) is 18.5 Å². The first-order chi connectivity index (χ1) is 16.3. The van der Waals surface area contributed by atoms with Crippen LogP contribution in [-0.2, 0) is 0 Å². The maximum atomic E-state index is 14.5. The van der Waals surface area contributed by atoms with Crippen molar-refractivity contribution in [2.45, 2.75) is 39.5 Å². The molecule has 0 saturated heterocycles. The molecule has 0 radical (unpaired) electrons. The average Bonchev–Trinajstić information content (AvgIpc) is 2.82. The Kier molecular flexibility index (Phi) is 6.97. The van der Waals surface area contributed by atoms with Gasteiger partial charge in [-0.05, 0) is 71.0 Å². The average molecular weight is 459 g/mol. The molecule has 0 fully saturated rings. The molecule has 0 spiro atoms. The van der Waals surface area contributed by atoms with E-state index in [9.17, 15) is 8.78 Å². The van der Waals surface area contributed by atoms with Gasteiger partial charge in [-0.25, -0.2) is 8.78 Å². The van der Waals surface area contributed by atoms with Gasteiger partial charge in [0.05, 0.1) is 0 Å². The zero-order chi connectivity index (χ0) is 24.2. The quantitative estimate of drug-likeness (QED) is 0.274. The van der Waals surface area contributed by atoms with E-state index in [0.29, 0.717) is 11.5 Å². The van der Waals surface area contributed by atoms with Crippen molar-refractivity contribution in [2.24, 2.45) is 0 Å². The minimum absolute atomic E-state index is 0.123. The van der Waals surface area contributed by atoms with Crippen LogP contribution >= 0.6 is 0 Å². The van der Waals surface area contributed by atoms with E-state index >= 15 is 0 Å². The van der Waals surface area contributed by atoms with Gasteiger partial charge in [0, 0.05) is 5.56 Å². The molecule has 4 aromatic carbocycles. The number of hydrogen-bond acceptors (Lipinski definition) is 2. The van der Waals surface area contributed by atoms with Crippen LogP contribution < -0.4 is 9.47 Å². The number of hydrogen-bond donors (Lipinski definition) is 0. The highest BCUT2D eigenvalue weighted by atomic mass is 19.1. The Balaban J connectivity index is 1.61. The van der Waals surface area contributed by atoms with Gasteiger partial charge >= 0.3 is 0 Å². The molecule has 4 heteroatoms. The Labute approximate surface area is 199 Å². The predicted octanol–water partition coefficient (Wildman–Crippen LogP) is 9.46. The lowest BCUT2D eigenvalue weighted by molar-refractivity contribution is 0.433. The van der Waals surface area contributed by atoms with E-state index in [-0.39, 0.29) is 23.3 Å². The van der Waals surface area contributed by atoms with E-state index < -0.39 is 11.6 Å². The van der Waals surface area contributed by atoms with Gasteiger partial charge in [0.2, 0.25) is 0 Å². The molecule has 0 aliphatic rings. The molecular formula is C30H28F2O2. The van der Waals surface area contributed by atoms with Crippen molar-refractivity contribution in [3.63, 3.8) is 0 Å². The van der Waals surface area contributed by atoms with Crippen LogP contribution in [0.15, 0.2) is 84.9 Å². The van der Waals surface area contributed by atoms with Crippen LogP contribution in [0.3, 0.4) is 0 Å². The van der Waals surface area contributed by atoms with Crippen molar-refractivity contribution < 1.29 is 18.3 Å². The molecule has 0 bridgehead atoms. The Morgan fingerprint density at radius 3 is 1.82 bits per heavy atom. The van der Waals surface area contributed by atoms with E-state index in [0.717, 1.165) is 22.3 Å². The lowest BCUT2D eigenvalue weighted by Gasteiger charge is -2.15. The fourth-order valence-corrected chi connectivity index (χ4v) is 3.77. The minimum atomic E-state index is -0.406. The second-order valence-electron chi connectivity index (χ2n) is 8.92. The molecule has 4 rings (SSSR count). The minimum Gasteiger partial charge on any atom is -0.454 e. The van der Waals surface area contributed by atoms with Crippen molar-refractivity contribution in [3.8, 4) is 34.1 Å². The Bertz CT molecular complexity index is 1290. The molecule has 2 nitrogen and oxygen atoms in total. The van der Waals surface area contributed by atoms with Gasteiger partial charge in [0.25, 0.3) is 0 Å². The van der Waals surface area contributed by atoms with E-state index in [1.165, 1.54) is 12.1 Å². The first kappa shape index (κ1) is 23.5. The van der Waals surface area contributed by atoms with Gasteiger partial charge in [-0.3, -0.25) is 0 Å². The third kappa shape index (κ3) is 5.28. The normalized spacial score (nSPS) is 11.2. The van der Waals surface area contributed by atoms with Gasteiger partial charge in [0.1, 0.15) is 11.5 Å². The number of ether oxygens (including phenoxy) is 2. The molecule has 0 unspecified atom stereocenters. The second-order valence-corrected chi connectivity index (χ2v) is 8.92. The first-order valence-corrected chi connectivity index (χ1v) is 11.5. The molecule has 0 saturated carbocycles. The predicted molar refractivity (Wildman–Crippen MR) is 133 cm³/mol. The summed E-state index contributed by atoms with van der Waals surface area (Å²) in [5.74, 6) is 1.09. The largest absolute Gasteiger partial charge is 0.454 e. The lowest BCUT2D eigenvalue weighted by atomic mass is 10.0. The number of benzene rings is 4. The van der Waals surface area contributed by atoms with Crippen LogP contribution in [-0.4, -0.2) is 0 Å². The summed E-state index contributed by atoms with van der Waals surface area (Å²) in [7, 11) is 0. The van der Waals surface area contributed by atoms with Crippen molar-refractivity contribution in [3.05, 3.63) is 108 Å². The van der Waals surface area contributed by atoms with Gasteiger partial charge in [-0.1, -0.05) is 70.2 Å². The maximum Gasteiger partial charge on any atom is 0.166 e. The molecule has 0 aliphatic heterocycles. The SMILES string of the molecule is CC(C)c1ccc(F)c(Oc2cccc(-c3cccc(Oc4c(F)cccc4C(C)C)c3)c2)c1. The summed E-state index contributed by atoms with van der Waals surface area (Å²) in [5, 5.41) is 0. The van der Waals surface area contributed by atoms with Gasteiger partial charge in [-0.2, -0.15) is 0 Å². The Morgan fingerprint density at radius 1 is 0.588 bits per heavy atom. The standard InChI is InChI=1S/C30H28F2O2/c1-19(2)21-14-15-27(31)29(18-21)33-24-10-5-8-22(16-24)23-9-6-11-25(17-23)34-30-26(20(3)4)12-7-13-28(30)32/h5-20H,1-4H3. The zero-order valence-electron chi connectivity index (χ0n) is 19.8. The van der Waals surface area contributed by atoms with Gasteiger partial charge in [0.15, 0.2) is 23.1 Å². The maximum absolute atomic E-state index is 14.5. The molecule has 0 heterocycles. The van der Waals surface area contributed by atoms with Gasteiger partial charge in [-0.15, -0.1) is 0 Å². The molecule has 0 aromatic heterocycles. The smallest absolute Gasteiger partial charge is 0.166 e. The highest BCUT2D eigenvalue weighted by Gasteiger charge is 2.14. The third-order valence-corrected chi connectivity index (χ3v) is 5.69. The van der Waals surface area contributed by atoms with E-state index in [4.69, 9.17) is 9.47 Å². The van der Waals surface area contributed by atoms with Crippen LogP contribution in [0.2, 0.25) is 0 Å².